The minimum atomic E-state index is -2.74. The Hall–Kier alpha value is -0.360. The fourth-order valence-electron chi connectivity index (χ4n) is 1.82. The summed E-state index contributed by atoms with van der Waals surface area (Å²) < 4.78 is 25.3. The Morgan fingerprint density at radius 3 is 2.67 bits per heavy atom. The number of nitrogens with zero attached hydrogens (tertiary/aromatic N) is 2. The van der Waals surface area contributed by atoms with Crippen LogP contribution < -0.4 is 0 Å². The average molecular weight is 293 g/mol. The van der Waals surface area contributed by atoms with Crippen molar-refractivity contribution >= 4 is 25.8 Å². The Balaban J connectivity index is 1.92. The lowest BCUT2D eigenvalue weighted by Gasteiger charge is -2.21. The van der Waals surface area contributed by atoms with Crippen LogP contribution in [0.2, 0.25) is 0 Å². The van der Waals surface area contributed by atoms with Gasteiger partial charge in [0.15, 0.2) is 0 Å². The third kappa shape index (κ3) is 3.04. The number of sulfone groups is 1. The van der Waals surface area contributed by atoms with E-state index in [0.29, 0.717) is 17.4 Å². The van der Waals surface area contributed by atoms with Crippen molar-refractivity contribution in [2.24, 2.45) is 5.92 Å². The molecule has 1 saturated heterocycles. The molecule has 0 unspecified atom stereocenters. The molecule has 4 nitrogen and oxygen atoms in total. The summed E-state index contributed by atoms with van der Waals surface area (Å²) in [6, 6.07) is 0. The first kappa shape index (κ1) is 11.1. The number of halogens is 1. The zero-order valence-electron chi connectivity index (χ0n) is 8.26. The van der Waals surface area contributed by atoms with Gasteiger partial charge in [-0.3, -0.25) is 4.68 Å². The molecule has 15 heavy (non-hydrogen) atoms. The molecule has 0 saturated carbocycles. The molecular weight excluding hydrogens is 280 g/mol. The van der Waals surface area contributed by atoms with Gasteiger partial charge >= 0.3 is 0 Å². The molecule has 0 spiro atoms. The molecule has 1 aromatic rings. The van der Waals surface area contributed by atoms with Gasteiger partial charge in [-0.05, 0) is 34.7 Å². The summed E-state index contributed by atoms with van der Waals surface area (Å²) in [4.78, 5) is 0. The normalized spacial score (nSPS) is 21.7. The van der Waals surface area contributed by atoms with E-state index in [1.54, 1.807) is 6.20 Å². The lowest BCUT2D eigenvalue weighted by molar-refractivity contribution is 0.384. The van der Waals surface area contributed by atoms with Crippen molar-refractivity contribution in [3.8, 4) is 0 Å². The summed E-state index contributed by atoms with van der Waals surface area (Å²) in [5.74, 6) is 1.11. The summed E-state index contributed by atoms with van der Waals surface area (Å²) in [6.45, 7) is 0.821. The predicted octanol–water partition coefficient (Wildman–Crippen LogP) is 1.47. The highest BCUT2D eigenvalue weighted by atomic mass is 79.9. The standard InChI is InChI=1S/C9H13BrN2O2S/c10-9-5-11-12(7-9)6-8-1-3-15(13,14)4-2-8/h5,7-8H,1-4,6H2. The van der Waals surface area contributed by atoms with E-state index in [4.69, 9.17) is 0 Å². The van der Waals surface area contributed by atoms with Crippen LogP contribution >= 0.6 is 15.9 Å². The first-order valence-electron chi connectivity index (χ1n) is 4.93. The van der Waals surface area contributed by atoms with Gasteiger partial charge in [-0.25, -0.2) is 8.42 Å². The van der Waals surface area contributed by atoms with Crippen LogP contribution in [0.5, 0.6) is 0 Å². The van der Waals surface area contributed by atoms with Crippen LogP contribution in [0, 0.1) is 5.92 Å². The first-order valence-corrected chi connectivity index (χ1v) is 7.55. The Kier molecular flexibility index (Phi) is 3.16. The van der Waals surface area contributed by atoms with Crippen LogP contribution in [0.1, 0.15) is 12.8 Å². The number of aromatic nitrogens is 2. The van der Waals surface area contributed by atoms with Crippen LogP contribution in [-0.2, 0) is 16.4 Å². The molecule has 1 fully saturated rings. The monoisotopic (exact) mass is 292 g/mol. The fourth-order valence-corrected chi connectivity index (χ4v) is 3.74. The second kappa shape index (κ2) is 4.25. The van der Waals surface area contributed by atoms with Gasteiger partial charge in [0.2, 0.25) is 0 Å². The molecule has 0 amide bonds. The average Bonchev–Trinajstić information content (AvgIpc) is 2.55. The smallest absolute Gasteiger partial charge is 0.150 e. The molecule has 1 aliphatic rings. The highest BCUT2D eigenvalue weighted by Crippen LogP contribution is 2.20. The summed E-state index contributed by atoms with van der Waals surface area (Å²) in [5, 5.41) is 4.17. The first-order chi connectivity index (χ1) is 7.05. The lowest BCUT2D eigenvalue weighted by atomic mass is 10.0. The molecule has 0 radical (unpaired) electrons. The Bertz CT molecular complexity index is 427. The molecule has 2 heterocycles. The van der Waals surface area contributed by atoms with E-state index in [-0.39, 0.29) is 0 Å². The number of rotatable bonds is 2. The molecule has 1 aromatic heterocycles. The van der Waals surface area contributed by atoms with Crippen LogP contribution in [0.25, 0.3) is 0 Å². The third-order valence-electron chi connectivity index (χ3n) is 2.72. The van der Waals surface area contributed by atoms with Gasteiger partial charge in [0.1, 0.15) is 9.84 Å². The van der Waals surface area contributed by atoms with Crippen LogP contribution in [-0.4, -0.2) is 29.7 Å². The Morgan fingerprint density at radius 2 is 2.13 bits per heavy atom. The van der Waals surface area contributed by atoms with Crippen molar-refractivity contribution in [2.75, 3.05) is 11.5 Å². The maximum Gasteiger partial charge on any atom is 0.150 e. The zero-order valence-corrected chi connectivity index (χ0v) is 10.7. The van der Waals surface area contributed by atoms with Crippen molar-refractivity contribution in [1.82, 2.24) is 9.78 Å². The van der Waals surface area contributed by atoms with Gasteiger partial charge in [0.25, 0.3) is 0 Å². The van der Waals surface area contributed by atoms with Crippen LogP contribution in [0.3, 0.4) is 0 Å². The van der Waals surface area contributed by atoms with Crippen molar-refractivity contribution < 1.29 is 8.42 Å². The second-order valence-electron chi connectivity index (χ2n) is 3.98. The lowest BCUT2D eigenvalue weighted by Crippen LogP contribution is -2.26. The molecule has 2 rings (SSSR count). The van der Waals surface area contributed by atoms with Crippen molar-refractivity contribution in [2.45, 2.75) is 19.4 Å². The minimum Gasteiger partial charge on any atom is -0.271 e. The molecular formula is C9H13BrN2O2S. The van der Waals surface area contributed by atoms with E-state index < -0.39 is 9.84 Å². The van der Waals surface area contributed by atoms with E-state index in [0.717, 1.165) is 23.9 Å². The van der Waals surface area contributed by atoms with Gasteiger partial charge in [-0.15, -0.1) is 0 Å². The minimum absolute atomic E-state index is 0.333. The Labute approximate surface area is 97.7 Å². The fraction of sp³-hybridized carbons (Fsp3) is 0.667. The van der Waals surface area contributed by atoms with Crippen molar-refractivity contribution in [3.63, 3.8) is 0 Å². The molecule has 0 bridgehead atoms. The predicted molar refractivity (Wildman–Crippen MR) is 61.3 cm³/mol. The van der Waals surface area contributed by atoms with Gasteiger partial charge in [0.05, 0.1) is 22.2 Å². The third-order valence-corrected chi connectivity index (χ3v) is 4.85. The molecule has 0 atom stereocenters. The molecule has 0 aliphatic carbocycles. The van der Waals surface area contributed by atoms with E-state index in [9.17, 15) is 8.42 Å². The van der Waals surface area contributed by atoms with Crippen LogP contribution in [0.15, 0.2) is 16.9 Å². The maximum absolute atomic E-state index is 11.2. The maximum atomic E-state index is 11.2. The van der Waals surface area contributed by atoms with E-state index >= 15 is 0 Å². The van der Waals surface area contributed by atoms with Crippen molar-refractivity contribution in [1.29, 1.82) is 0 Å². The highest BCUT2D eigenvalue weighted by Gasteiger charge is 2.23. The zero-order chi connectivity index (χ0) is 10.9. The van der Waals surface area contributed by atoms with Gasteiger partial charge in [-0.2, -0.15) is 5.10 Å². The van der Waals surface area contributed by atoms with Crippen LogP contribution in [0.4, 0.5) is 0 Å². The topological polar surface area (TPSA) is 52.0 Å². The summed E-state index contributed by atoms with van der Waals surface area (Å²) >= 11 is 3.34. The molecule has 1 aliphatic heterocycles. The Morgan fingerprint density at radius 1 is 1.47 bits per heavy atom. The molecule has 84 valence electrons. The quantitative estimate of drug-likeness (QED) is 0.829. The van der Waals surface area contributed by atoms with Crippen molar-refractivity contribution in [3.05, 3.63) is 16.9 Å². The summed E-state index contributed by atoms with van der Waals surface area (Å²) in [7, 11) is -2.74. The van der Waals surface area contributed by atoms with E-state index in [2.05, 4.69) is 21.0 Å². The number of hydrogen-bond donors (Lipinski definition) is 0. The summed E-state index contributed by atoms with van der Waals surface area (Å²) in [6.07, 6.45) is 5.20. The van der Waals surface area contributed by atoms with Gasteiger partial charge < -0.3 is 0 Å². The summed E-state index contributed by atoms with van der Waals surface area (Å²) in [5.41, 5.74) is 0. The second-order valence-corrected chi connectivity index (χ2v) is 7.20. The number of hydrogen-bond acceptors (Lipinski definition) is 3. The SMILES string of the molecule is O=S1(=O)CCC(Cn2cc(Br)cn2)CC1. The van der Waals surface area contributed by atoms with Gasteiger partial charge in [-0.1, -0.05) is 0 Å². The highest BCUT2D eigenvalue weighted by molar-refractivity contribution is 9.10. The molecule has 6 heteroatoms. The van der Waals surface area contributed by atoms with E-state index in [1.807, 2.05) is 10.9 Å². The van der Waals surface area contributed by atoms with E-state index in [1.165, 1.54) is 0 Å². The molecule has 0 N–H and O–H groups in total. The molecule has 0 aromatic carbocycles. The van der Waals surface area contributed by atoms with Gasteiger partial charge in [0, 0.05) is 12.7 Å². The largest absolute Gasteiger partial charge is 0.271 e.